The van der Waals surface area contributed by atoms with Crippen LogP contribution in [0.1, 0.15) is 19.8 Å². The number of hydrogen-bond donors (Lipinski definition) is 1. The fourth-order valence-corrected chi connectivity index (χ4v) is 4.91. The van der Waals surface area contributed by atoms with Crippen molar-refractivity contribution < 1.29 is 17.9 Å². The Morgan fingerprint density at radius 3 is 2.59 bits per heavy atom. The zero-order valence-corrected chi connectivity index (χ0v) is 16.1. The van der Waals surface area contributed by atoms with E-state index in [9.17, 15) is 13.2 Å². The fraction of sp³-hybridized carbons (Fsp3) is 0.350. The Kier molecular flexibility index (Phi) is 6.01. The number of para-hydroxylation sites is 2. The van der Waals surface area contributed by atoms with Crippen LogP contribution in [0.5, 0.6) is 5.75 Å². The first-order chi connectivity index (χ1) is 13.0. The van der Waals surface area contributed by atoms with Gasteiger partial charge in [-0.2, -0.15) is 0 Å². The van der Waals surface area contributed by atoms with Gasteiger partial charge >= 0.3 is 6.03 Å². The summed E-state index contributed by atoms with van der Waals surface area (Å²) in [5.74, 6) is 0.526. The summed E-state index contributed by atoms with van der Waals surface area (Å²) in [6.45, 7) is 2.91. The minimum atomic E-state index is -3.45. The molecule has 0 spiro atoms. The molecule has 1 N–H and O–H groups in total. The van der Waals surface area contributed by atoms with Crippen LogP contribution in [0.3, 0.4) is 0 Å². The van der Waals surface area contributed by atoms with Gasteiger partial charge in [-0.3, -0.25) is 0 Å². The Hall–Kier alpha value is -2.54. The molecule has 2 aromatic rings. The average molecular weight is 388 g/mol. The molecule has 6 nitrogen and oxygen atoms in total. The first-order valence-corrected chi connectivity index (χ1v) is 10.7. The van der Waals surface area contributed by atoms with Crippen molar-refractivity contribution in [3.63, 3.8) is 0 Å². The second-order valence-corrected chi connectivity index (χ2v) is 8.48. The van der Waals surface area contributed by atoms with Crippen LogP contribution >= 0.6 is 0 Å². The molecule has 0 saturated carbocycles. The van der Waals surface area contributed by atoms with E-state index >= 15 is 0 Å². The van der Waals surface area contributed by atoms with E-state index in [4.69, 9.17) is 4.74 Å². The van der Waals surface area contributed by atoms with Gasteiger partial charge < -0.3 is 15.0 Å². The van der Waals surface area contributed by atoms with Crippen LogP contribution in [0.25, 0.3) is 0 Å². The molecule has 1 saturated heterocycles. The lowest BCUT2D eigenvalue weighted by Gasteiger charge is -2.25. The molecule has 1 heterocycles. The molecule has 0 aliphatic carbocycles. The number of nitrogens with one attached hydrogen (secondary N) is 1. The monoisotopic (exact) mass is 388 g/mol. The first-order valence-electron chi connectivity index (χ1n) is 9.08. The Morgan fingerprint density at radius 2 is 1.85 bits per heavy atom. The number of likely N-dealkylation sites (tertiary alicyclic amines) is 1. The van der Waals surface area contributed by atoms with Crippen LogP contribution in [0.15, 0.2) is 59.5 Å². The van der Waals surface area contributed by atoms with Gasteiger partial charge in [0.05, 0.1) is 22.9 Å². The molecule has 7 heteroatoms. The van der Waals surface area contributed by atoms with Gasteiger partial charge in [-0.25, -0.2) is 13.2 Å². The molecule has 0 radical (unpaired) electrons. The molecule has 1 atom stereocenters. The number of urea groups is 1. The molecule has 1 fully saturated rings. The van der Waals surface area contributed by atoms with Gasteiger partial charge in [-0.1, -0.05) is 30.3 Å². The number of nitrogens with zero attached hydrogens (tertiary/aromatic N) is 1. The summed E-state index contributed by atoms with van der Waals surface area (Å²) in [4.78, 5) is 14.7. The summed E-state index contributed by atoms with van der Waals surface area (Å²) in [5.41, 5.74) is 0.584. The molecule has 144 valence electrons. The predicted molar refractivity (Wildman–Crippen MR) is 105 cm³/mol. The maximum Gasteiger partial charge on any atom is 0.322 e. The third-order valence-electron chi connectivity index (χ3n) is 4.58. The molecule has 27 heavy (non-hydrogen) atoms. The zero-order chi connectivity index (χ0) is 19.3. The van der Waals surface area contributed by atoms with Gasteiger partial charge in [0.2, 0.25) is 0 Å². The van der Waals surface area contributed by atoms with Crippen molar-refractivity contribution in [1.82, 2.24) is 4.90 Å². The van der Waals surface area contributed by atoms with Crippen LogP contribution in [0.4, 0.5) is 10.5 Å². The Balaban J connectivity index is 1.72. The number of sulfone groups is 1. The maximum atomic E-state index is 12.8. The Morgan fingerprint density at radius 1 is 1.15 bits per heavy atom. The minimum absolute atomic E-state index is 0.0719. The van der Waals surface area contributed by atoms with Crippen molar-refractivity contribution in [1.29, 1.82) is 0 Å². The van der Waals surface area contributed by atoms with E-state index in [-0.39, 0.29) is 17.8 Å². The van der Waals surface area contributed by atoms with Crippen molar-refractivity contribution >= 4 is 21.6 Å². The predicted octanol–water partition coefficient (Wildman–Crippen LogP) is 3.56. The van der Waals surface area contributed by atoms with E-state index in [1.165, 1.54) is 0 Å². The Labute approximate surface area is 160 Å². The number of carbonyl (C=O) groups excluding carboxylic acids is 1. The molecule has 1 aliphatic heterocycles. The van der Waals surface area contributed by atoms with Crippen LogP contribution in [-0.4, -0.2) is 44.3 Å². The number of anilines is 1. The zero-order valence-electron chi connectivity index (χ0n) is 15.3. The van der Waals surface area contributed by atoms with E-state index < -0.39 is 9.84 Å². The smallest absolute Gasteiger partial charge is 0.322 e. The van der Waals surface area contributed by atoms with Crippen LogP contribution < -0.4 is 10.1 Å². The number of carbonyl (C=O) groups is 1. The standard InChI is InChI=1S/C20H24N2O4S/c1-2-26-19-13-7-6-12-18(19)21-20(23)22-14-8-9-16(22)15-27(24,25)17-10-4-3-5-11-17/h3-7,10-13,16H,2,8-9,14-15H2,1H3,(H,21,23). The van der Waals surface area contributed by atoms with E-state index in [0.717, 1.165) is 6.42 Å². The topological polar surface area (TPSA) is 75.7 Å². The van der Waals surface area contributed by atoms with E-state index in [2.05, 4.69) is 5.32 Å². The third kappa shape index (κ3) is 4.60. The molecule has 1 unspecified atom stereocenters. The van der Waals surface area contributed by atoms with Crippen molar-refractivity contribution in [3.05, 3.63) is 54.6 Å². The lowest BCUT2D eigenvalue weighted by Crippen LogP contribution is -2.42. The second kappa shape index (κ2) is 8.43. The normalized spacial score (nSPS) is 16.9. The molecule has 1 aliphatic rings. The summed E-state index contributed by atoms with van der Waals surface area (Å²) in [5, 5.41) is 2.86. The summed E-state index contributed by atoms with van der Waals surface area (Å²) < 4.78 is 30.9. The highest BCUT2D eigenvalue weighted by Gasteiger charge is 2.33. The van der Waals surface area contributed by atoms with E-state index in [1.54, 1.807) is 47.4 Å². The lowest BCUT2D eigenvalue weighted by molar-refractivity contribution is 0.210. The minimum Gasteiger partial charge on any atom is -0.492 e. The van der Waals surface area contributed by atoms with Gasteiger partial charge in [0.15, 0.2) is 9.84 Å². The van der Waals surface area contributed by atoms with Crippen molar-refractivity contribution in [2.24, 2.45) is 0 Å². The number of ether oxygens (including phenoxy) is 1. The largest absolute Gasteiger partial charge is 0.492 e. The maximum absolute atomic E-state index is 12.8. The molecular weight excluding hydrogens is 364 g/mol. The number of rotatable bonds is 6. The van der Waals surface area contributed by atoms with Gasteiger partial charge in [0, 0.05) is 12.6 Å². The molecule has 3 rings (SSSR count). The molecular formula is C20H24N2O4S. The van der Waals surface area contributed by atoms with Gasteiger partial charge in [-0.05, 0) is 44.0 Å². The molecule has 0 bridgehead atoms. The van der Waals surface area contributed by atoms with Gasteiger partial charge in [-0.15, -0.1) is 0 Å². The summed E-state index contributed by atoms with van der Waals surface area (Å²) >= 11 is 0. The van der Waals surface area contributed by atoms with Crippen LogP contribution in [0, 0.1) is 0 Å². The summed E-state index contributed by atoms with van der Waals surface area (Å²) in [6.07, 6.45) is 1.46. The average Bonchev–Trinajstić information content (AvgIpc) is 3.12. The second-order valence-electron chi connectivity index (χ2n) is 6.44. The van der Waals surface area contributed by atoms with Crippen LogP contribution in [0.2, 0.25) is 0 Å². The highest BCUT2D eigenvalue weighted by atomic mass is 32.2. The summed E-state index contributed by atoms with van der Waals surface area (Å²) in [6, 6.07) is 15.0. The summed E-state index contributed by atoms with van der Waals surface area (Å²) in [7, 11) is -3.45. The molecule has 2 amide bonds. The van der Waals surface area contributed by atoms with E-state index in [1.807, 2.05) is 19.1 Å². The lowest BCUT2D eigenvalue weighted by atomic mass is 10.2. The van der Waals surface area contributed by atoms with Crippen molar-refractivity contribution in [2.45, 2.75) is 30.7 Å². The van der Waals surface area contributed by atoms with E-state index in [0.29, 0.717) is 35.9 Å². The van der Waals surface area contributed by atoms with Crippen molar-refractivity contribution in [3.8, 4) is 5.75 Å². The number of amides is 2. The highest BCUT2D eigenvalue weighted by molar-refractivity contribution is 7.91. The SMILES string of the molecule is CCOc1ccccc1NC(=O)N1CCCC1CS(=O)(=O)c1ccccc1. The fourth-order valence-electron chi connectivity index (χ4n) is 3.29. The van der Waals surface area contributed by atoms with Crippen molar-refractivity contribution in [2.75, 3.05) is 24.2 Å². The Bertz CT molecular complexity index is 884. The highest BCUT2D eigenvalue weighted by Crippen LogP contribution is 2.27. The number of benzene rings is 2. The molecule has 2 aromatic carbocycles. The van der Waals surface area contributed by atoms with Gasteiger partial charge in [0.25, 0.3) is 0 Å². The number of hydrogen-bond acceptors (Lipinski definition) is 4. The van der Waals surface area contributed by atoms with Gasteiger partial charge in [0.1, 0.15) is 5.75 Å². The quantitative estimate of drug-likeness (QED) is 0.821. The third-order valence-corrected chi connectivity index (χ3v) is 6.39. The first kappa shape index (κ1) is 19.2. The molecule has 0 aromatic heterocycles. The van der Waals surface area contributed by atoms with Crippen LogP contribution in [-0.2, 0) is 9.84 Å².